The predicted octanol–water partition coefficient (Wildman–Crippen LogP) is 0.798. The van der Waals surface area contributed by atoms with Crippen LogP contribution in [0, 0.1) is 0 Å². The van der Waals surface area contributed by atoms with Crippen LogP contribution in [0.15, 0.2) is 24.5 Å². The molecule has 0 radical (unpaired) electrons. The fraction of sp³-hybridized carbons (Fsp3) is 0.462. The zero-order chi connectivity index (χ0) is 14.5. The van der Waals surface area contributed by atoms with Gasteiger partial charge in [-0.1, -0.05) is 6.07 Å². The van der Waals surface area contributed by atoms with Crippen molar-refractivity contribution in [2.45, 2.75) is 11.3 Å². The number of carboxylic acid groups (broad SMARTS) is 1. The van der Waals surface area contributed by atoms with Gasteiger partial charge in [-0.25, -0.2) is 0 Å². The highest BCUT2D eigenvalue weighted by Gasteiger charge is 2.41. The van der Waals surface area contributed by atoms with Crippen molar-refractivity contribution in [1.29, 1.82) is 0 Å². The van der Waals surface area contributed by atoms with E-state index >= 15 is 0 Å². The van der Waals surface area contributed by atoms with E-state index in [1.807, 2.05) is 0 Å². The summed E-state index contributed by atoms with van der Waals surface area (Å²) in [6, 6.07) is 3.03. The van der Waals surface area contributed by atoms with Crippen LogP contribution in [0.2, 0.25) is 0 Å². The van der Waals surface area contributed by atoms with Gasteiger partial charge in [0, 0.05) is 26.0 Å². The molecule has 1 aliphatic rings. The second-order valence-corrected chi connectivity index (χ2v) is 5.51. The molecule has 108 valence electrons. The Bertz CT molecular complexity index is 483. The minimum atomic E-state index is -0.918. The summed E-state index contributed by atoms with van der Waals surface area (Å²) in [5.74, 6) is -0.811. The van der Waals surface area contributed by atoms with Crippen molar-refractivity contribution in [1.82, 2.24) is 9.88 Å². The molecule has 2 rings (SSSR count). The number of rotatable bonds is 5. The number of carboxylic acids is 1. The van der Waals surface area contributed by atoms with Crippen molar-refractivity contribution >= 4 is 23.6 Å². The Kier molecular flexibility index (Phi) is 4.97. The Labute approximate surface area is 121 Å². The maximum Gasteiger partial charge on any atom is 0.319 e. The molecular weight excluding hydrogens is 280 g/mol. The van der Waals surface area contributed by atoms with Crippen LogP contribution in [0.4, 0.5) is 0 Å². The van der Waals surface area contributed by atoms with E-state index in [1.54, 1.807) is 36.5 Å². The van der Waals surface area contributed by atoms with Gasteiger partial charge in [0.1, 0.15) is 5.25 Å². The van der Waals surface area contributed by atoms with Crippen LogP contribution < -0.4 is 0 Å². The number of aliphatic carboxylic acids is 1. The fourth-order valence-corrected chi connectivity index (χ4v) is 3.34. The highest BCUT2D eigenvalue weighted by Crippen LogP contribution is 2.36. The molecule has 1 N–H and O–H groups in total. The summed E-state index contributed by atoms with van der Waals surface area (Å²) in [6.45, 7) is 0.749. The Morgan fingerprint density at radius 2 is 2.45 bits per heavy atom. The molecule has 0 spiro atoms. The van der Waals surface area contributed by atoms with Gasteiger partial charge in [0.15, 0.2) is 0 Å². The van der Waals surface area contributed by atoms with Gasteiger partial charge >= 0.3 is 5.97 Å². The van der Waals surface area contributed by atoms with Crippen LogP contribution >= 0.6 is 11.8 Å². The van der Waals surface area contributed by atoms with Crippen LogP contribution in [0.5, 0.6) is 0 Å². The lowest BCUT2D eigenvalue weighted by atomic mass is 10.0. The summed E-state index contributed by atoms with van der Waals surface area (Å²) in [7, 11) is 1.55. The van der Waals surface area contributed by atoms with E-state index < -0.39 is 17.3 Å². The summed E-state index contributed by atoms with van der Waals surface area (Å²) in [5, 5.41) is 8.70. The summed E-state index contributed by atoms with van der Waals surface area (Å²) >= 11 is 1.16. The molecule has 20 heavy (non-hydrogen) atoms. The molecule has 2 heterocycles. The Morgan fingerprint density at radius 1 is 1.65 bits per heavy atom. The Balaban J connectivity index is 2.33. The van der Waals surface area contributed by atoms with Gasteiger partial charge in [-0.15, -0.1) is 11.8 Å². The molecule has 6 nitrogen and oxygen atoms in total. The molecule has 2 unspecified atom stereocenters. The number of aromatic nitrogens is 1. The molecule has 1 aromatic rings. The zero-order valence-electron chi connectivity index (χ0n) is 11.1. The maximum atomic E-state index is 12.1. The Morgan fingerprint density at radius 3 is 3.05 bits per heavy atom. The number of hydrogen-bond donors (Lipinski definition) is 1. The second kappa shape index (κ2) is 6.71. The molecule has 0 aliphatic carbocycles. The number of carbonyl (C=O) groups is 2. The van der Waals surface area contributed by atoms with Gasteiger partial charge < -0.3 is 14.7 Å². The van der Waals surface area contributed by atoms with E-state index in [9.17, 15) is 14.7 Å². The summed E-state index contributed by atoms with van der Waals surface area (Å²) in [4.78, 5) is 29.1. The van der Waals surface area contributed by atoms with Gasteiger partial charge in [-0.05, 0) is 11.6 Å². The smallest absolute Gasteiger partial charge is 0.319 e. The van der Waals surface area contributed by atoms with Crippen molar-refractivity contribution in [2.75, 3.05) is 26.0 Å². The van der Waals surface area contributed by atoms with E-state index in [-0.39, 0.29) is 11.7 Å². The quantitative estimate of drug-likeness (QED) is 0.865. The number of pyridine rings is 1. The largest absolute Gasteiger partial charge is 0.480 e. The van der Waals surface area contributed by atoms with E-state index in [4.69, 9.17) is 4.74 Å². The van der Waals surface area contributed by atoms with Crippen LogP contribution in [0.25, 0.3) is 0 Å². The normalized spacial score (nSPS) is 22.9. The van der Waals surface area contributed by atoms with E-state index in [0.717, 1.165) is 17.3 Å². The third-order valence-corrected chi connectivity index (χ3v) is 4.37. The fourth-order valence-electron chi connectivity index (χ4n) is 2.22. The van der Waals surface area contributed by atoms with Gasteiger partial charge in [0.25, 0.3) is 0 Å². The average Bonchev–Trinajstić information content (AvgIpc) is 2.46. The second-order valence-electron chi connectivity index (χ2n) is 4.38. The van der Waals surface area contributed by atoms with Gasteiger partial charge in [0.05, 0.1) is 18.4 Å². The number of hydrogen-bond acceptors (Lipinski definition) is 5. The van der Waals surface area contributed by atoms with E-state index in [1.165, 1.54) is 0 Å². The lowest BCUT2D eigenvalue weighted by molar-refractivity contribution is -0.140. The molecule has 2 atom stereocenters. The first kappa shape index (κ1) is 14.8. The molecule has 1 amide bonds. The van der Waals surface area contributed by atoms with E-state index in [0.29, 0.717) is 13.2 Å². The van der Waals surface area contributed by atoms with Crippen molar-refractivity contribution in [3.05, 3.63) is 30.1 Å². The molecule has 1 fully saturated rings. The first-order chi connectivity index (χ1) is 9.65. The third-order valence-electron chi connectivity index (χ3n) is 3.13. The highest BCUT2D eigenvalue weighted by molar-refractivity contribution is 8.01. The van der Waals surface area contributed by atoms with Gasteiger partial charge in [-0.2, -0.15) is 0 Å². The third kappa shape index (κ3) is 3.10. The number of thioether (sulfide) groups is 1. The molecule has 1 saturated heterocycles. The maximum absolute atomic E-state index is 12.1. The average molecular weight is 296 g/mol. The molecule has 1 aromatic heterocycles. The van der Waals surface area contributed by atoms with Crippen LogP contribution in [0.1, 0.15) is 11.6 Å². The van der Waals surface area contributed by atoms with E-state index in [2.05, 4.69) is 4.98 Å². The zero-order valence-corrected chi connectivity index (χ0v) is 11.9. The first-order valence-electron chi connectivity index (χ1n) is 6.18. The molecule has 1 aliphatic heterocycles. The van der Waals surface area contributed by atoms with Gasteiger partial charge in [-0.3, -0.25) is 14.6 Å². The molecule has 0 bridgehead atoms. The summed E-state index contributed by atoms with van der Waals surface area (Å²) in [6.07, 6.45) is 3.23. The van der Waals surface area contributed by atoms with Crippen LogP contribution in [0.3, 0.4) is 0 Å². The monoisotopic (exact) mass is 296 g/mol. The lowest BCUT2D eigenvalue weighted by Gasteiger charge is -2.39. The minimum absolute atomic E-state index is 0.0709. The summed E-state index contributed by atoms with van der Waals surface area (Å²) < 4.78 is 5.01. The van der Waals surface area contributed by atoms with Crippen molar-refractivity contribution < 1.29 is 19.4 Å². The first-order valence-corrected chi connectivity index (χ1v) is 7.22. The predicted molar refractivity (Wildman–Crippen MR) is 74.4 cm³/mol. The highest BCUT2D eigenvalue weighted by atomic mass is 32.2. The number of methoxy groups -OCH3 is 1. The Hall–Kier alpha value is -1.60. The van der Waals surface area contributed by atoms with Crippen LogP contribution in [-0.2, 0) is 14.3 Å². The minimum Gasteiger partial charge on any atom is -0.480 e. The number of carbonyl (C=O) groups excluding carboxylic acids is 1. The molecular formula is C13H16N2O4S. The number of nitrogens with zero attached hydrogens (tertiary/aromatic N) is 2. The van der Waals surface area contributed by atoms with Crippen molar-refractivity contribution in [2.24, 2.45) is 0 Å². The number of ether oxygens (including phenoxy) is 1. The number of amides is 1. The molecule has 0 saturated carbocycles. The van der Waals surface area contributed by atoms with Gasteiger partial charge in [0.2, 0.25) is 5.91 Å². The standard InChI is InChI=1S/C13H16N2O4S/c1-19-6-5-15-10(16)8-20-12(13(17)18)11(15)9-3-2-4-14-7-9/h2-4,7,11-12H,5-6,8H2,1H3,(H,17,18). The van der Waals surface area contributed by atoms with Crippen molar-refractivity contribution in [3.8, 4) is 0 Å². The molecule has 0 aromatic carbocycles. The topological polar surface area (TPSA) is 79.7 Å². The van der Waals surface area contributed by atoms with Crippen molar-refractivity contribution in [3.63, 3.8) is 0 Å². The SMILES string of the molecule is COCCN1C(=O)CSC(C(=O)O)C1c1cccnc1. The molecule has 7 heteroatoms. The lowest BCUT2D eigenvalue weighted by Crippen LogP contribution is -2.48. The van der Waals surface area contributed by atoms with Crippen LogP contribution in [-0.4, -0.2) is 58.1 Å². The summed E-state index contributed by atoms with van der Waals surface area (Å²) in [5.41, 5.74) is 0.733.